The molecule has 84 valence electrons. The second kappa shape index (κ2) is 6.10. The van der Waals surface area contributed by atoms with E-state index in [2.05, 4.69) is 0 Å². The summed E-state index contributed by atoms with van der Waals surface area (Å²) in [5, 5.41) is 17.3. The van der Waals surface area contributed by atoms with Gasteiger partial charge in [-0.3, -0.25) is 0 Å². The van der Waals surface area contributed by atoms with Gasteiger partial charge in [0, 0.05) is 5.69 Å². The van der Waals surface area contributed by atoms with Crippen molar-refractivity contribution in [2.45, 2.75) is 0 Å². The molecule has 0 saturated heterocycles. The zero-order chi connectivity index (χ0) is 10.0. The van der Waals surface area contributed by atoms with Crippen LogP contribution in [0.4, 0.5) is 5.69 Å². The number of carbonyl (C=O) groups is 2. The van der Waals surface area contributed by atoms with Crippen LogP contribution in [0.3, 0.4) is 0 Å². The van der Waals surface area contributed by atoms with E-state index in [9.17, 15) is 9.59 Å². The van der Waals surface area contributed by atoms with Crippen LogP contribution >= 0.6 is 24.8 Å². The Hall–Kier alpha value is -1.46. The Morgan fingerprint density at radius 1 is 1.07 bits per heavy atom. The standard InChI is InChI=1S/C8H7NO4.2ClH/c9-5-3-1-2-4(7(10)11)6(5)8(12)13;;/h1-3H,9H2,(H,10,11)(H,12,13);2*1H. The van der Waals surface area contributed by atoms with Crippen LogP contribution in [0.25, 0.3) is 0 Å². The van der Waals surface area contributed by atoms with Gasteiger partial charge in [0.25, 0.3) is 0 Å². The number of rotatable bonds is 2. The van der Waals surface area contributed by atoms with Crippen LogP contribution in [0.15, 0.2) is 18.2 Å². The Morgan fingerprint density at radius 2 is 1.60 bits per heavy atom. The predicted molar refractivity (Wildman–Crippen MR) is 59.3 cm³/mol. The first-order valence-corrected chi connectivity index (χ1v) is 3.39. The predicted octanol–water partition coefficient (Wildman–Crippen LogP) is 1.51. The minimum atomic E-state index is -1.34. The zero-order valence-electron chi connectivity index (χ0n) is 7.34. The van der Waals surface area contributed by atoms with E-state index in [-0.39, 0.29) is 41.6 Å². The minimum Gasteiger partial charge on any atom is -0.478 e. The number of benzene rings is 1. The van der Waals surface area contributed by atoms with Gasteiger partial charge in [-0.15, -0.1) is 24.8 Å². The van der Waals surface area contributed by atoms with Gasteiger partial charge in [0.2, 0.25) is 0 Å². The van der Waals surface area contributed by atoms with E-state index in [1.807, 2.05) is 0 Å². The van der Waals surface area contributed by atoms with Gasteiger partial charge in [0.05, 0.1) is 11.1 Å². The first kappa shape index (κ1) is 16.0. The van der Waals surface area contributed by atoms with E-state index in [0.29, 0.717) is 0 Å². The van der Waals surface area contributed by atoms with E-state index >= 15 is 0 Å². The molecule has 4 N–H and O–H groups in total. The maximum Gasteiger partial charge on any atom is 0.338 e. The molecular weight excluding hydrogens is 245 g/mol. The smallest absolute Gasteiger partial charge is 0.338 e. The second-order valence-corrected chi connectivity index (χ2v) is 2.38. The number of hydrogen-bond donors (Lipinski definition) is 3. The van der Waals surface area contributed by atoms with Crippen molar-refractivity contribution in [3.05, 3.63) is 29.3 Å². The topological polar surface area (TPSA) is 101 Å². The molecule has 1 aromatic carbocycles. The number of aromatic carboxylic acids is 2. The molecule has 15 heavy (non-hydrogen) atoms. The quantitative estimate of drug-likeness (QED) is 0.694. The van der Waals surface area contributed by atoms with Crippen LogP contribution in [-0.2, 0) is 0 Å². The third-order valence-electron chi connectivity index (χ3n) is 1.54. The molecule has 0 aliphatic carbocycles. The summed E-state index contributed by atoms with van der Waals surface area (Å²) in [6.07, 6.45) is 0. The first-order valence-electron chi connectivity index (χ1n) is 3.39. The molecule has 0 bridgehead atoms. The normalized spacial score (nSPS) is 8.27. The molecule has 0 aromatic heterocycles. The largest absolute Gasteiger partial charge is 0.478 e. The molecular formula is C8H9Cl2NO4. The molecule has 0 atom stereocenters. The summed E-state index contributed by atoms with van der Waals surface area (Å²) in [5.74, 6) is -2.64. The van der Waals surface area contributed by atoms with Crippen LogP contribution in [0, 0.1) is 0 Å². The lowest BCUT2D eigenvalue weighted by molar-refractivity contribution is 0.0652. The molecule has 1 rings (SSSR count). The maximum absolute atomic E-state index is 10.6. The highest BCUT2D eigenvalue weighted by Crippen LogP contribution is 2.16. The van der Waals surface area contributed by atoms with Gasteiger partial charge in [0.15, 0.2) is 0 Å². The summed E-state index contributed by atoms with van der Waals surface area (Å²) in [4.78, 5) is 21.2. The molecule has 0 saturated carbocycles. The summed E-state index contributed by atoms with van der Waals surface area (Å²) >= 11 is 0. The van der Waals surface area contributed by atoms with Crippen molar-refractivity contribution in [2.24, 2.45) is 0 Å². The van der Waals surface area contributed by atoms with Crippen LogP contribution in [-0.4, -0.2) is 22.2 Å². The van der Waals surface area contributed by atoms with Gasteiger partial charge in [-0.05, 0) is 12.1 Å². The molecule has 0 aliphatic rings. The van der Waals surface area contributed by atoms with Gasteiger partial charge in [-0.1, -0.05) is 6.07 Å². The number of carboxylic acids is 2. The molecule has 0 aliphatic heterocycles. The molecule has 0 fully saturated rings. The third kappa shape index (κ3) is 3.30. The van der Waals surface area contributed by atoms with Crippen molar-refractivity contribution in [1.29, 1.82) is 0 Å². The van der Waals surface area contributed by atoms with Crippen LogP contribution < -0.4 is 5.73 Å². The molecule has 7 heteroatoms. The number of anilines is 1. The molecule has 0 amide bonds. The summed E-state index contributed by atoms with van der Waals surface area (Å²) in [6, 6.07) is 3.93. The van der Waals surface area contributed by atoms with E-state index in [0.717, 1.165) is 0 Å². The van der Waals surface area contributed by atoms with Crippen molar-refractivity contribution in [1.82, 2.24) is 0 Å². The number of hydrogen-bond acceptors (Lipinski definition) is 3. The summed E-state index contributed by atoms with van der Waals surface area (Å²) in [7, 11) is 0. The number of nitrogen functional groups attached to an aromatic ring is 1. The molecule has 1 aromatic rings. The lowest BCUT2D eigenvalue weighted by Gasteiger charge is -2.03. The molecule has 0 heterocycles. The summed E-state index contributed by atoms with van der Waals surface area (Å²) < 4.78 is 0. The van der Waals surface area contributed by atoms with E-state index in [1.165, 1.54) is 18.2 Å². The summed E-state index contributed by atoms with van der Waals surface area (Å²) in [6.45, 7) is 0. The van der Waals surface area contributed by atoms with Crippen LogP contribution in [0.5, 0.6) is 0 Å². The highest BCUT2D eigenvalue weighted by molar-refractivity contribution is 6.05. The van der Waals surface area contributed by atoms with E-state index in [1.54, 1.807) is 0 Å². The molecule has 0 radical (unpaired) electrons. The Kier molecular flexibility index (Phi) is 6.51. The molecule has 0 spiro atoms. The average Bonchev–Trinajstić information content (AvgIpc) is 2.02. The Labute approximate surface area is 97.7 Å². The van der Waals surface area contributed by atoms with Crippen LogP contribution in [0.2, 0.25) is 0 Å². The van der Waals surface area contributed by atoms with Crippen molar-refractivity contribution < 1.29 is 19.8 Å². The van der Waals surface area contributed by atoms with Gasteiger partial charge >= 0.3 is 11.9 Å². The fourth-order valence-corrected chi connectivity index (χ4v) is 0.987. The van der Waals surface area contributed by atoms with Gasteiger partial charge in [-0.2, -0.15) is 0 Å². The van der Waals surface area contributed by atoms with Gasteiger partial charge in [-0.25, -0.2) is 9.59 Å². The van der Waals surface area contributed by atoms with Crippen molar-refractivity contribution in [3.63, 3.8) is 0 Å². The summed E-state index contributed by atoms with van der Waals surface area (Å²) in [5.41, 5.74) is 4.60. The lowest BCUT2D eigenvalue weighted by Crippen LogP contribution is -2.10. The van der Waals surface area contributed by atoms with Gasteiger partial charge < -0.3 is 15.9 Å². The zero-order valence-corrected chi connectivity index (χ0v) is 8.97. The van der Waals surface area contributed by atoms with Crippen LogP contribution in [0.1, 0.15) is 20.7 Å². The van der Waals surface area contributed by atoms with Crippen molar-refractivity contribution >= 4 is 42.4 Å². The highest BCUT2D eigenvalue weighted by Gasteiger charge is 2.17. The fourth-order valence-electron chi connectivity index (χ4n) is 0.987. The van der Waals surface area contributed by atoms with Crippen molar-refractivity contribution in [3.8, 4) is 0 Å². The Bertz CT molecular complexity index is 381. The van der Waals surface area contributed by atoms with E-state index < -0.39 is 11.9 Å². The van der Waals surface area contributed by atoms with Gasteiger partial charge in [0.1, 0.15) is 0 Å². The lowest BCUT2D eigenvalue weighted by atomic mass is 10.1. The Morgan fingerprint density at radius 3 is 1.93 bits per heavy atom. The second-order valence-electron chi connectivity index (χ2n) is 2.38. The first-order chi connectivity index (χ1) is 6.04. The Balaban J connectivity index is 0. The number of nitrogens with two attached hydrogens (primary N) is 1. The molecule has 0 unspecified atom stereocenters. The molecule has 5 nitrogen and oxygen atoms in total. The minimum absolute atomic E-state index is 0. The number of carboxylic acid groups (broad SMARTS) is 2. The fraction of sp³-hybridized carbons (Fsp3) is 0. The van der Waals surface area contributed by atoms with E-state index in [4.69, 9.17) is 15.9 Å². The third-order valence-corrected chi connectivity index (χ3v) is 1.54. The SMILES string of the molecule is Cl.Cl.Nc1cccc(C(=O)O)c1C(=O)O. The number of halogens is 2. The maximum atomic E-state index is 10.6. The average molecular weight is 254 g/mol. The monoisotopic (exact) mass is 253 g/mol. The van der Waals surface area contributed by atoms with Crippen molar-refractivity contribution in [2.75, 3.05) is 5.73 Å². The highest BCUT2D eigenvalue weighted by atomic mass is 35.5.